The number of carbonyl (C=O) groups excluding carboxylic acids is 1. The molecule has 0 saturated carbocycles. The second-order valence-electron chi connectivity index (χ2n) is 5.51. The molecular formula is C14H17N9O3. The average Bonchev–Trinajstić information content (AvgIpc) is 3.35. The lowest BCUT2D eigenvalue weighted by Gasteiger charge is -2.10. The number of aryl methyl sites for hydroxylation is 1. The van der Waals surface area contributed by atoms with Crippen molar-refractivity contribution in [3.8, 4) is 0 Å². The monoisotopic (exact) mass is 359 g/mol. The number of amides is 1. The molecule has 0 saturated heterocycles. The van der Waals surface area contributed by atoms with Crippen LogP contribution in [-0.2, 0) is 13.2 Å². The van der Waals surface area contributed by atoms with Crippen LogP contribution in [0.4, 0.5) is 5.95 Å². The zero-order valence-electron chi connectivity index (χ0n) is 14.2. The van der Waals surface area contributed by atoms with Crippen molar-refractivity contribution in [1.29, 1.82) is 0 Å². The lowest BCUT2D eigenvalue weighted by atomic mass is 10.2. The van der Waals surface area contributed by atoms with Crippen LogP contribution in [0.15, 0.2) is 30.9 Å². The molecule has 12 nitrogen and oxygen atoms in total. The van der Waals surface area contributed by atoms with Gasteiger partial charge in [-0.3, -0.25) is 9.48 Å². The lowest BCUT2D eigenvalue weighted by molar-refractivity contribution is -0.394. The smallest absolute Gasteiger partial charge is 0.390 e. The molecule has 3 aromatic heterocycles. The van der Waals surface area contributed by atoms with Gasteiger partial charge in [-0.15, -0.1) is 0 Å². The van der Waals surface area contributed by atoms with Gasteiger partial charge in [0.05, 0.1) is 11.7 Å². The van der Waals surface area contributed by atoms with E-state index in [1.165, 1.54) is 15.7 Å². The summed E-state index contributed by atoms with van der Waals surface area (Å²) in [5.41, 5.74) is 0.982. The van der Waals surface area contributed by atoms with Crippen molar-refractivity contribution >= 4 is 11.9 Å². The highest BCUT2D eigenvalue weighted by atomic mass is 16.6. The number of hydrogen-bond acceptors (Lipinski definition) is 7. The van der Waals surface area contributed by atoms with Crippen LogP contribution in [0, 0.1) is 10.1 Å². The highest BCUT2D eigenvalue weighted by molar-refractivity contribution is 5.92. The van der Waals surface area contributed by atoms with Crippen LogP contribution in [0.25, 0.3) is 0 Å². The number of rotatable bonds is 7. The van der Waals surface area contributed by atoms with E-state index < -0.39 is 10.9 Å². The van der Waals surface area contributed by atoms with Gasteiger partial charge in [0.2, 0.25) is 6.33 Å². The number of hydrogen-bond donors (Lipinski definition) is 1. The minimum atomic E-state index is -0.681. The Kier molecular flexibility index (Phi) is 4.73. The normalized spacial score (nSPS) is 12.1. The number of carbonyl (C=O) groups is 1. The third-order valence-corrected chi connectivity index (χ3v) is 3.63. The van der Waals surface area contributed by atoms with E-state index in [-0.39, 0.29) is 24.3 Å². The molecule has 26 heavy (non-hydrogen) atoms. The highest BCUT2D eigenvalue weighted by Crippen LogP contribution is 2.10. The largest absolute Gasteiger partial charge is 0.491 e. The summed E-state index contributed by atoms with van der Waals surface area (Å²) in [6.45, 7) is 4.68. The van der Waals surface area contributed by atoms with E-state index in [0.29, 0.717) is 0 Å². The van der Waals surface area contributed by atoms with E-state index in [1.54, 1.807) is 16.9 Å². The predicted molar refractivity (Wildman–Crippen MR) is 88.1 cm³/mol. The van der Waals surface area contributed by atoms with Gasteiger partial charge in [-0.25, -0.2) is 4.68 Å². The average molecular weight is 359 g/mol. The molecule has 3 heterocycles. The van der Waals surface area contributed by atoms with Crippen molar-refractivity contribution in [3.63, 3.8) is 0 Å². The summed E-state index contributed by atoms with van der Waals surface area (Å²) in [7, 11) is 0. The Balaban J connectivity index is 1.62. The summed E-state index contributed by atoms with van der Waals surface area (Å²) in [4.78, 5) is 25.8. The summed E-state index contributed by atoms with van der Waals surface area (Å²) >= 11 is 0. The van der Waals surface area contributed by atoms with Gasteiger partial charge >= 0.3 is 5.95 Å². The van der Waals surface area contributed by atoms with Crippen molar-refractivity contribution in [1.82, 2.24) is 39.6 Å². The molecule has 0 fully saturated rings. The lowest BCUT2D eigenvalue weighted by Crippen LogP contribution is -2.27. The maximum Gasteiger partial charge on any atom is 0.491 e. The van der Waals surface area contributed by atoms with Crippen molar-refractivity contribution in [2.24, 2.45) is 0 Å². The Morgan fingerprint density at radius 3 is 2.65 bits per heavy atom. The van der Waals surface area contributed by atoms with Gasteiger partial charge < -0.3 is 15.4 Å². The maximum absolute atomic E-state index is 12.3. The molecule has 0 bridgehead atoms. The fourth-order valence-electron chi connectivity index (χ4n) is 2.28. The molecule has 0 spiro atoms. The van der Waals surface area contributed by atoms with Gasteiger partial charge in [0, 0.05) is 24.0 Å². The maximum atomic E-state index is 12.3. The first-order valence-corrected chi connectivity index (χ1v) is 7.87. The van der Waals surface area contributed by atoms with Gasteiger partial charge in [0.15, 0.2) is 6.67 Å². The van der Waals surface area contributed by atoms with E-state index in [2.05, 4.69) is 25.6 Å². The zero-order valence-corrected chi connectivity index (χ0v) is 14.2. The van der Waals surface area contributed by atoms with Crippen molar-refractivity contribution in [3.05, 3.63) is 52.4 Å². The number of aromatic nitrogens is 7. The molecule has 1 N–H and O–H groups in total. The summed E-state index contributed by atoms with van der Waals surface area (Å²) in [6.07, 6.45) is 4.66. The van der Waals surface area contributed by atoms with E-state index in [9.17, 15) is 14.9 Å². The second-order valence-corrected chi connectivity index (χ2v) is 5.51. The number of nitro groups is 1. The Morgan fingerprint density at radius 1 is 1.23 bits per heavy atom. The first-order chi connectivity index (χ1) is 12.5. The second kappa shape index (κ2) is 7.13. The summed E-state index contributed by atoms with van der Waals surface area (Å²) < 4.78 is 4.47. The van der Waals surface area contributed by atoms with Gasteiger partial charge in [-0.05, 0) is 30.9 Å². The van der Waals surface area contributed by atoms with Crippen molar-refractivity contribution in [2.45, 2.75) is 33.1 Å². The predicted octanol–water partition coefficient (Wildman–Crippen LogP) is 0.596. The third kappa shape index (κ3) is 3.74. The van der Waals surface area contributed by atoms with Crippen LogP contribution < -0.4 is 5.32 Å². The van der Waals surface area contributed by atoms with Gasteiger partial charge in [0.25, 0.3) is 5.91 Å². The molecule has 136 valence electrons. The Morgan fingerprint density at radius 2 is 2.00 bits per heavy atom. The minimum Gasteiger partial charge on any atom is -0.390 e. The standard InChI is InChI=1S/C14H17N9O3/c1-3-20-6-4-11(17-20)10(2)16-13(24)12-5-7-21(18-12)9-22-8-15-14(19-22)23(25)26/h4-8,10H,3,9H2,1-2H3,(H,16,24). The first-order valence-electron chi connectivity index (χ1n) is 7.87. The quantitative estimate of drug-likeness (QED) is 0.481. The molecule has 3 rings (SSSR count). The fourth-order valence-corrected chi connectivity index (χ4v) is 2.28. The Hall–Kier alpha value is -3.57. The van der Waals surface area contributed by atoms with Crippen molar-refractivity contribution in [2.75, 3.05) is 0 Å². The van der Waals surface area contributed by atoms with Gasteiger partial charge in [0.1, 0.15) is 5.69 Å². The Labute approximate surface area is 147 Å². The molecule has 3 aromatic rings. The van der Waals surface area contributed by atoms with Crippen LogP contribution in [0.2, 0.25) is 0 Å². The molecule has 1 atom stereocenters. The Bertz CT molecular complexity index is 926. The zero-order chi connectivity index (χ0) is 18.7. The third-order valence-electron chi connectivity index (χ3n) is 3.63. The molecule has 0 aromatic carbocycles. The SMILES string of the molecule is CCn1ccc(C(C)NC(=O)c2ccn(Cn3cnc([N+](=O)[O-])n3)n2)n1. The van der Waals surface area contributed by atoms with E-state index in [4.69, 9.17) is 0 Å². The van der Waals surface area contributed by atoms with Crippen LogP contribution in [0.5, 0.6) is 0 Å². The fraction of sp³-hybridized carbons (Fsp3) is 0.357. The molecule has 1 unspecified atom stereocenters. The van der Waals surface area contributed by atoms with E-state index >= 15 is 0 Å². The van der Waals surface area contributed by atoms with E-state index in [1.807, 2.05) is 26.1 Å². The van der Waals surface area contributed by atoms with Crippen LogP contribution >= 0.6 is 0 Å². The number of nitrogens with one attached hydrogen (secondary N) is 1. The molecule has 0 aliphatic rings. The first kappa shape index (κ1) is 17.3. The van der Waals surface area contributed by atoms with Crippen molar-refractivity contribution < 1.29 is 9.72 Å². The number of nitrogens with zero attached hydrogens (tertiary/aromatic N) is 8. The summed E-state index contributed by atoms with van der Waals surface area (Å²) in [5, 5.41) is 25.6. The molecule has 0 radical (unpaired) electrons. The molecule has 1 amide bonds. The molecular weight excluding hydrogens is 342 g/mol. The molecule has 12 heteroatoms. The molecule has 0 aliphatic carbocycles. The topological polar surface area (TPSA) is 139 Å². The minimum absolute atomic E-state index is 0.102. The van der Waals surface area contributed by atoms with Crippen LogP contribution in [0.1, 0.15) is 36.1 Å². The van der Waals surface area contributed by atoms with Gasteiger partial charge in [-0.1, -0.05) is 4.98 Å². The summed E-state index contributed by atoms with van der Waals surface area (Å²) in [5.74, 6) is -0.831. The highest BCUT2D eigenvalue weighted by Gasteiger charge is 2.17. The molecule has 0 aliphatic heterocycles. The van der Waals surface area contributed by atoms with Crippen LogP contribution in [0.3, 0.4) is 0 Å². The van der Waals surface area contributed by atoms with E-state index in [0.717, 1.165) is 12.2 Å². The van der Waals surface area contributed by atoms with Gasteiger partial charge in [-0.2, -0.15) is 14.9 Å². The summed E-state index contributed by atoms with van der Waals surface area (Å²) in [6, 6.07) is 3.14. The van der Waals surface area contributed by atoms with Crippen LogP contribution in [-0.4, -0.2) is 45.2 Å².